The zero-order valence-corrected chi connectivity index (χ0v) is 9.07. The SMILES string of the molecule is Oc1cc(O)cc(-c2cccc(C(F)(F)F)c2)c1. The van der Waals surface area contributed by atoms with E-state index in [0.29, 0.717) is 5.56 Å². The molecule has 18 heavy (non-hydrogen) atoms. The minimum Gasteiger partial charge on any atom is -0.508 e. The first-order valence-electron chi connectivity index (χ1n) is 5.07. The lowest BCUT2D eigenvalue weighted by Gasteiger charge is -2.09. The molecule has 0 aliphatic carbocycles. The van der Waals surface area contributed by atoms with Crippen molar-refractivity contribution < 1.29 is 23.4 Å². The van der Waals surface area contributed by atoms with Crippen LogP contribution in [0, 0.1) is 0 Å². The Morgan fingerprint density at radius 3 is 1.94 bits per heavy atom. The van der Waals surface area contributed by atoms with Crippen molar-refractivity contribution in [1.29, 1.82) is 0 Å². The smallest absolute Gasteiger partial charge is 0.416 e. The average molecular weight is 254 g/mol. The van der Waals surface area contributed by atoms with Crippen molar-refractivity contribution >= 4 is 0 Å². The van der Waals surface area contributed by atoms with Gasteiger partial charge in [-0.25, -0.2) is 0 Å². The molecule has 0 aliphatic rings. The van der Waals surface area contributed by atoms with E-state index in [1.54, 1.807) is 0 Å². The Balaban J connectivity index is 2.51. The van der Waals surface area contributed by atoms with Gasteiger partial charge in [0.2, 0.25) is 0 Å². The Kier molecular flexibility index (Phi) is 2.90. The second kappa shape index (κ2) is 4.25. The Labute approximate surface area is 101 Å². The van der Waals surface area contributed by atoms with Gasteiger partial charge in [-0.05, 0) is 35.4 Å². The molecular formula is C13H9F3O2. The molecule has 0 atom stereocenters. The van der Waals surface area contributed by atoms with Crippen molar-refractivity contribution in [2.75, 3.05) is 0 Å². The molecule has 0 heterocycles. The first kappa shape index (κ1) is 12.3. The molecule has 0 saturated heterocycles. The molecule has 0 aliphatic heterocycles. The highest BCUT2D eigenvalue weighted by Gasteiger charge is 2.30. The van der Waals surface area contributed by atoms with Gasteiger partial charge >= 0.3 is 6.18 Å². The van der Waals surface area contributed by atoms with Crippen LogP contribution in [-0.2, 0) is 6.18 Å². The molecule has 2 nitrogen and oxygen atoms in total. The summed E-state index contributed by atoms with van der Waals surface area (Å²) in [6.07, 6.45) is -4.42. The van der Waals surface area contributed by atoms with Crippen LogP contribution in [0.1, 0.15) is 5.56 Å². The molecule has 0 spiro atoms. The van der Waals surface area contributed by atoms with Crippen LogP contribution < -0.4 is 0 Å². The van der Waals surface area contributed by atoms with Gasteiger partial charge in [-0.1, -0.05) is 12.1 Å². The quantitative estimate of drug-likeness (QED) is 0.812. The number of benzene rings is 2. The first-order chi connectivity index (χ1) is 8.36. The van der Waals surface area contributed by atoms with Gasteiger partial charge in [-0.2, -0.15) is 13.2 Å². The van der Waals surface area contributed by atoms with Crippen molar-refractivity contribution in [1.82, 2.24) is 0 Å². The number of alkyl halides is 3. The van der Waals surface area contributed by atoms with Crippen molar-refractivity contribution in [3.63, 3.8) is 0 Å². The van der Waals surface area contributed by atoms with E-state index >= 15 is 0 Å². The fourth-order valence-electron chi connectivity index (χ4n) is 1.64. The molecule has 2 aromatic carbocycles. The van der Waals surface area contributed by atoms with Gasteiger partial charge in [0.1, 0.15) is 11.5 Å². The highest BCUT2D eigenvalue weighted by molar-refractivity contribution is 5.67. The van der Waals surface area contributed by atoms with Gasteiger partial charge in [-0.3, -0.25) is 0 Å². The summed E-state index contributed by atoms with van der Waals surface area (Å²) in [5, 5.41) is 18.6. The number of aromatic hydroxyl groups is 2. The highest BCUT2D eigenvalue weighted by atomic mass is 19.4. The van der Waals surface area contributed by atoms with Gasteiger partial charge in [-0.15, -0.1) is 0 Å². The number of rotatable bonds is 1. The average Bonchev–Trinajstić information content (AvgIpc) is 2.27. The standard InChI is InChI=1S/C13H9F3O2/c14-13(15,16)10-3-1-2-8(4-10)9-5-11(17)7-12(18)6-9/h1-7,17-18H. The van der Waals surface area contributed by atoms with Gasteiger partial charge in [0.25, 0.3) is 0 Å². The van der Waals surface area contributed by atoms with Gasteiger partial charge in [0.15, 0.2) is 0 Å². The van der Waals surface area contributed by atoms with Crippen molar-refractivity contribution in [3.05, 3.63) is 48.0 Å². The largest absolute Gasteiger partial charge is 0.508 e. The van der Waals surface area contributed by atoms with Crippen molar-refractivity contribution in [3.8, 4) is 22.6 Å². The second-order valence-electron chi connectivity index (χ2n) is 3.82. The molecule has 0 bridgehead atoms. The molecule has 5 heteroatoms. The molecular weight excluding hydrogens is 245 g/mol. The minimum atomic E-state index is -4.42. The van der Waals surface area contributed by atoms with E-state index in [0.717, 1.165) is 18.2 Å². The van der Waals surface area contributed by atoms with E-state index < -0.39 is 11.7 Å². The fraction of sp³-hybridized carbons (Fsp3) is 0.0769. The van der Waals surface area contributed by atoms with Gasteiger partial charge < -0.3 is 10.2 Å². The summed E-state index contributed by atoms with van der Waals surface area (Å²) in [7, 11) is 0. The third-order valence-electron chi connectivity index (χ3n) is 2.43. The third kappa shape index (κ3) is 2.56. The number of phenols is 2. The van der Waals surface area contributed by atoms with E-state index in [1.807, 2.05) is 0 Å². The lowest BCUT2D eigenvalue weighted by Crippen LogP contribution is -2.04. The monoisotopic (exact) mass is 254 g/mol. The summed E-state index contributed by atoms with van der Waals surface area (Å²) in [5.74, 6) is -0.412. The van der Waals surface area contributed by atoms with Crippen molar-refractivity contribution in [2.45, 2.75) is 6.18 Å². The highest BCUT2D eigenvalue weighted by Crippen LogP contribution is 2.34. The zero-order valence-electron chi connectivity index (χ0n) is 9.07. The van der Waals surface area contributed by atoms with Crippen LogP contribution in [0.5, 0.6) is 11.5 Å². The fourth-order valence-corrected chi connectivity index (χ4v) is 1.64. The number of hydrogen-bond donors (Lipinski definition) is 2. The Morgan fingerprint density at radius 2 is 1.39 bits per heavy atom. The Hall–Kier alpha value is -2.17. The van der Waals surface area contributed by atoms with E-state index in [2.05, 4.69) is 0 Å². The summed E-state index contributed by atoms with van der Waals surface area (Å²) >= 11 is 0. The predicted octanol–water partition coefficient (Wildman–Crippen LogP) is 3.78. The van der Waals surface area contributed by atoms with Crippen LogP contribution in [0.4, 0.5) is 13.2 Å². The summed E-state index contributed by atoms with van der Waals surface area (Å²) in [6, 6.07) is 8.37. The molecule has 0 fully saturated rings. The predicted molar refractivity (Wildman–Crippen MR) is 60.2 cm³/mol. The van der Waals surface area contributed by atoms with Crippen LogP contribution in [0.15, 0.2) is 42.5 Å². The molecule has 0 unspecified atom stereocenters. The molecule has 2 rings (SSSR count). The first-order valence-corrected chi connectivity index (χ1v) is 5.07. The Morgan fingerprint density at radius 1 is 0.778 bits per heavy atom. The molecule has 0 radical (unpaired) electrons. The Bertz CT molecular complexity index is 556. The van der Waals surface area contributed by atoms with E-state index in [9.17, 15) is 23.4 Å². The topological polar surface area (TPSA) is 40.5 Å². The second-order valence-corrected chi connectivity index (χ2v) is 3.82. The normalized spacial score (nSPS) is 11.5. The van der Waals surface area contributed by atoms with Crippen LogP contribution in [-0.4, -0.2) is 10.2 Å². The van der Waals surface area contributed by atoms with Crippen molar-refractivity contribution in [2.24, 2.45) is 0 Å². The summed E-state index contributed by atoms with van der Waals surface area (Å²) in [6.45, 7) is 0. The minimum absolute atomic E-state index is 0.206. The summed E-state index contributed by atoms with van der Waals surface area (Å²) in [4.78, 5) is 0. The van der Waals surface area contributed by atoms with E-state index in [1.165, 1.54) is 24.3 Å². The maximum absolute atomic E-state index is 12.5. The molecule has 2 N–H and O–H groups in total. The maximum Gasteiger partial charge on any atom is 0.416 e. The van der Waals surface area contributed by atoms with Crippen LogP contribution in [0.3, 0.4) is 0 Å². The van der Waals surface area contributed by atoms with Gasteiger partial charge in [0, 0.05) is 6.07 Å². The summed E-state index contributed by atoms with van der Waals surface area (Å²) < 4.78 is 37.6. The van der Waals surface area contributed by atoms with E-state index in [-0.39, 0.29) is 17.1 Å². The van der Waals surface area contributed by atoms with Gasteiger partial charge in [0.05, 0.1) is 5.56 Å². The lowest BCUT2D eigenvalue weighted by atomic mass is 10.0. The third-order valence-corrected chi connectivity index (χ3v) is 2.43. The van der Waals surface area contributed by atoms with Crippen LogP contribution >= 0.6 is 0 Å². The summed E-state index contributed by atoms with van der Waals surface area (Å²) in [5.41, 5.74) is -0.183. The van der Waals surface area contributed by atoms with Crippen LogP contribution in [0.2, 0.25) is 0 Å². The lowest BCUT2D eigenvalue weighted by molar-refractivity contribution is -0.137. The zero-order chi connectivity index (χ0) is 13.3. The van der Waals surface area contributed by atoms with E-state index in [4.69, 9.17) is 0 Å². The molecule has 2 aromatic rings. The molecule has 0 saturated carbocycles. The van der Waals surface area contributed by atoms with Crippen LogP contribution in [0.25, 0.3) is 11.1 Å². The maximum atomic E-state index is 12.5. The molecule has 0 aromatic heterocycles. The number of halogens is 3. The number of hydrogen-bond acceptors (Lipinski definition) is 2. The number of phenolic OH excluding ortho intramolecular Hbond substituents is 2. The molecule has 0 amide bonds. The molecule has 94 valence electrons.